The molecule has 0 bridgehead atoms. The van der Waals surface area contributed by atoms with Crippen molar-refractivity contribution in [2.75, 3.05) is 25.6 Å². The molecule has 2 aromatic carbocycles. The van der Waals surface area contributed by atoms with Crippen LogP contribution in [0.2, 0.25) is 0 Å². The highest BCUT2D eigenvalue weighted by Gasteiger charge is 2.00. The molecule has 2 aromatic rings. The molecule has 0 saturated heterocycles. The minimum Gasteiger partial charge on any atom is -0.497 e. The molecule has 2 rings (SSSR count). The number of hydrogen-bond donors (Lipinski definition) is 2. The van der Waals surface area contributed by atoms with Gasteiger partial charge >= 0.3 is 0 Å². The van der Waals surface area contributed by atoms with Crippen LogP contribution >= 0.6 is 24.0 Å². The number of anilines is 1. The van der Waals surface area contributed by atoms with Crippen molar-refractivity contribution in [3.05, 3.63) is 54.1 Å². The van der Waals surface area contributed by atoms with Crippen LogP contribution < -0.4 is 20.5 Å². The first-order valence-electron chi connectivity index (χ1n) is 8.02. The van der Waals surface area contributed by atoms with E-state index in [1.807, 2.05) is 36.4 Å². The first kappa shape index (κ1) is 21.1. The molecule has 3 N–H and O–H groups in total. The Morgan fingerprint density at radius 3 is 2.20 bits per heavy atom. The zero-order chi connectivity index (χ0) is 17.4. The fourth-order valence-electron chi connectivity index (χ4n) is 2.14. The van der Waals surface area contributed by atoms with Gasteiger partial charge in [0.05, 0.1) is 13.7 Å². The first-order valence-corrected chi connectivity index (χ1v) is 8.02. The Morgan fingerprint density at radius 1 is 1.04 bits per heavy atom. The van der Waals surface area contributed by atoms with Crippen LogP contribution in [0.25, 0.3) is 0 Å². The second kappa shape index (κ2) is 10.8. The van der Waals surface area contributed by atoms with Gasteiger partial charge in [-0.05, 0) is 47.9 Å². The zero-order valence-electron chi connectivity index (χ0n) is 14.9. The molecule has 0 aliphatic heterocycles. The van der Waals surface area contributed by atoms with Gasteiger partial charge in [0.1, 0.15) is 18.1 Å². The molecule has 0 unspecified atom stereocenters. The van der Waals surface area contributed by atoms with E-state index in [0.29, 0.717) is 25.0 Å². The molecule has 0 aromatic heterocycles. The fourth-order valence-corrected chi connectivity index (χ4v) is 2.14. The average molecular weight is 455 g/mol. The summed E-state index contributed by atoms with van der Waals surface area (Å²) in [5, 5.41) is 3.03. The minimum absolute atomic E-state index is 0. The van der Waals surface area contributed by atoms with E-state index in [2.05, 4.69) is 36.3 Å². The van der Waals surface area contributed by atoms with E-state index in [1.165, 1.54) is 5.56 Å². The van der Waals surface area contributed by atoms with Crippen molar-refractivity contribution < 1.29 is 9.47 Å². The Labute approximate surface area is 166 Å². The maximum absolute atomic E-state index is 5.86. The molecule has 0 fully saturated rings. The molecule has 5 nitrogen and oxygen atoms in total. The number of hydrogen-bond acceptors (Lipinski definition) is 3. The molecule has 25 heavy (non-hydrogen) atoms. The van der Waals surface area contributed by atoms with E-state index in [1.54, 1.807) is 7.11 Å². The molecular formula is C19H26IN3O2. The van der Waals surface area contributed by atoms with Gasteiger partial charge in [0, 0.05) is 5.69 Å². The monoisotopic (exact) mass is 455 g/mol. The summed E-state index contributed by atoms with van der Waals surface area (Å²) in [6, 6.07) is 15.6. The van der Waals surface area contributed by atoms with Crippen molar-refractivity contribution in [2.45, 2.75) is 19.8 Å². The van der Waals surface area contributed by atoms with Crippen LogP contribution in [0.3, 0.4) is 0 Å². The fraction of sp³-hybridized carbons (Fsp3) is 0.316. The smallest absolute Gasteiger partial charge is 0.193 e. The number of rotatable bonds is 7. The van der Waals surface area contributed by atoms with Gasteiger partial charge in [0.25, 0.3) is 0 Å². The lowest BCUT2D eigenvalue weighted by Gasteiger charge is -2.09. The van der Waals surface area contributed by atoms with E-state index in [-0.39, 0.29) is 24.0 Å². The number of aliphatic imine (C=N–C) groups is 1. The second-order valence-corrected chi connectivity index (χ2v) is 5.69. The molecule has 6 heteroatoms. The number of nitrogens with zero attached hydrogens (tertiary/aromatic N) is 1. The van der Waals surface area contributed by atoms with Gasteiger partial charge in [-0.3, -0.25) is 0 Å². The largest absolute Gasteiger partial charge is 0.497 e. The van der Waals surface area contributed by atoms with Crippen molar-refractivity contribution in [3.8, 4) is 11.5 Å². The lowest BCUT2D eigenvalue weighted by Crippen LogP contribution is -2.23. The highest BCUT2D eigenvalue weighted by Crippen LogP contribution is 2.18. The summed E-state index contributed by atoms with van der Waals surface area (Å²) in [4.78, 5) is 4.25. The van der Waals surface area contributed by atoms with Crippen molar-refractivity contribution in [2.24, 2.45) is 10.7 Å². The van der Waals surface area contributed by atoms with Crippen LogP contribution in [0.5, 0.6) is 11.5 Å². The van der Waals surface area contributed by atoms with Crippen LogP contribution in [0.1, 0.15) is 25.3 Å². The number of ether oxygens (including phenoxy) is 2. The van der Waals surface area contributed by atoms with E-state index < -0.39 is 0 Å². The summed E-state index contributed by atoms with van der Waals surface area (Å²) >= 11 is 0. The zero-order valence-corrected chi connectivity index (χ0v) is 17.2. The molecule has 0 spiro atoms. The summed E-state index contributed by atoms with van der Waals surface area (Å²) < 4.78 is 10.8. The normalized spacial score (nSPS) is 11.0. The van der Waals surface area contributed by atoms with Crippen LogP contribution in [0.4, 0.5) is 5.69 Å². The number of nitrogens with two attached hydrogens (primary N) is 1. The number of methoxy groups -OCH3 is 1. The third-order valence-corrected chi connectivity index (χ3v) is 3.55. The van der Waals surface area contributed by atoms with Gasteiger partial charge in [-0.25, -0.2) is 4.99 Å². The van der Waals surface area contributed by atoms with Gasteiger partial charge in [0.2, 0.25) is 0 Å². The van der Waals surface area contributed by atoms with Crippen molar-refractivity contribution in [1.82, 2.24) is 0 Å². The number of halogens is 1. The molecule has 0 amide bonds. The molecule has 0 aliphatic carbocycles. The highest BCUT2D eigenvalue weighted by atomic mass is 127. The average Bonchev–Trinajstić information content (AvgIpc) is 2.60. The van der Waals surface area contributed by atoms with Crippen LogP contribution in [-0.2, 0) is 0 Å². The SMILES string of the molecule is COc1ccc(NC(N)=NCCOc2ccc(C(C)C)cc2)cc1.I. The highest BCUT2D eigenvalue weighted by molar-refractivity contribution is 14.0. The van der Waals surface area contributed by atoms with Crippen molar-refractivity contribution in [3.63, 3.8) is 0 Å². The number of nitrogens with one attached hydrogen (secondary N) is 1. The summed E-state index contributed by atoms with van der Waals surface area (Å²) in [7, 11) is 1.63. The number of guanidine groups is 1. The van der Waals surface area contributed by atoms with E-state index in [4.69, 9.17) is 15.2 Å². The third kappa shape index (κ3) is 7.21. The second-order valence-electron chi connectivity index (χ2n) is 5.69. The van der Waals surface area contributed by atoms with Gasteiger partial charge < -0.3 is 20.5 Å². The quantitative estimate of drug-likeness (QED) is 0.284. The summed E-state index contributed by atoms with van der Waals surface area (Å²) in [5.41, 5.74) is 8.02. The maximum atomic E-state index is 5.86. The summed E-state index contributed by atoms with van der Waals surface area (Å²) in [6.07, 6.45) is 0. The molecule has 0 atom stereocenters. The molecule has 0 saturated carbocycles. The predicted molar refractivity (Wildman–Crippen MR) is 115 cm³/mol. The van der Waals surface area contributed by atoms with E-state index >= 15 is 0 Å². The number of benzene rings is 2. The Morgan fingerprint density at radius 2 is 1.64 bits per heavy atom. The van der Waals surface area contributed by atoms with Gasteiger partial charge in [0.15, 0.2) is 5.96 Å². The minimum atomic E-state index is 0. The van der Waals surface area contributed by atoms with Crippen LogP contribution in [0, 0.1) is 0 Å². The van der Waals surface area contributed by atoms with Crippen LogP contribution in [-0.4, -0.2) is 26.2 Å². The van der Waals surface area contributed by atoms with Crippen LogP contribution in [0.15, 0.2) is 53.5 Å². The summed E-state index contributed by atoms with van der Waals surface area (Å²) in [6.45, 7) is 5.30. The predicted octanol–water partition coefficient (Wildman–Crippen LogP) is 4.24. The standard InChI is InChI=1S/C19H25N3O2.HI/c1-14(2)15-4-8-18(9-5-15)24-13-12-21-19(20)22-16-6-10-17(23-3)11-7-16;/h4-11,14H,12-13H2,1-3H3,(H3,20,21,22);1H. The molecule has 0 heterocycles. The van der Waals surface area contributed by atoms with Crippen molar-refractivity contribution >= 4 is 35.6 Å². The molecule has 136 valence electrons. The molecule has 0 radical (unpaired) electrons. The molecular weight excluding hydrogens is 429 g/mol. The topological polar surface area (TPSA) is 68.9 Å². The third-order valence-electron chi connectivity index (χ3n) is 3.55. The van der Waals surface area contributed by atoms with E-state index in [9.17, 15) is 0 Å². The Kier molecular flexibility index (Phi) is 9.12. The van der Waals surface area contributed by atoms with Crippen molar-refractivity contribution in [1.29, 1.82) is 0 Å². The lowest BCUT2D eigenvalue weighted by molar-refractivity contribution is 0.328. The lowest BCUT2D eigenvalue weighted by atomic mass is 10.0. The molecule has 0 aliphatic rings. The maximum Gasteiger partial charge on any atom is 0.193 e. The Bertz CT molecular complexity index is 655. The summed E-state index contributed by atoms with van der Waals surface area (Å²) in [5.74, 6) is 2.52. The Hall–Kier alpha value is -1.96. The Balaban J connectivity index is 0.00000312. The van der Waals surface area contributed by atoms with E-state index in [0.717, 1.165) is 17.2 Å². The van der Waals surface area contributed by atoms with Gasteiger partial charge in [-0.2, -0.15) is 0 Å². The van der Waals surface area contributed by atoms with Gasteiger partial charge in [-0.1, -0.05) is 26.0 Å². The first-order chi connectivity index (χ1) is 11.6. The van der Waals surface area contributed by atoms with Gasteiger partial charge in [-0.15, -0.1) is 24.0 Å².